The highest BCUT2D eigenvalue weighted by molar-refractivity contribution is 7.90. The van der Waals surface area contributed by atoms with Gasteiger partial charge in [0.1, 0.15) is 4.90 Å². The zero-order valence-corrected chi connectivity index (χ0v) is 12.5. The maximum Gasteiger partial charge on any atom is 0.178 e. The van der Waals surface area contributed by atoms with Gasteiger partial charge in [-0.25, -0.2) is 8.42 Å². The topological polar surface area (TPSA) is 64.0 Å². The third-order valence-electron chi connectivity index (χ3n) is 3.73. The Morgan fingerprint density at radius 3 is 2.79 bits per heavy atom. The molecule has 0 aromatic carbocycles. The van der Waals surface area contributed by atoms with E-state index in [0.717, 1.165) is 25.8 Å². The standard InChI is InChI=1S/C13H23N3O2S/c1-3-8-14-12-6-4-5-7-13(12)16-10-11(9-15-16)19(2,17)18/h9-10,12-14H,3-8H2,1-2H3. The fourth-order valence-corrected chi connectivity index (χ4v) is 3.23. The summed E-state index contributed by atoms with van der Waals surface area (Å²) in [5.74, 6) is 0. The first-order chi connectivity index (χ1) is 9.02. The zero-order valence-electron chi connectivity index (χ0n) is 11.7. The molecule has 0 radical (unpaired) electrons. The molecule has 0 bridgehead atoms. The van der Waals surface area contributed by atoms with Crippen molar-refractivity contribution >= 4 is 9.84 Å². The third-order valence-corrected chi connectivity index (χ3v) is 4.80. The van der Waals surface area contributed by atoms with E-state index in [9.17, 15) is 8.42 Å². The Morgan fingerprint density at radius 1 is 1.42 bits per heavy atom. The van der Waals surface area contributed by atoms with Gasteiger partial charge in [-0.15, -0.1) is 0 Å². The molecule has 1 aliphatic rings. The predicted molar refractivity (Wildman–Crippen MR) is 74.9 cm³/mol. The van der Waals surface area contributed by atoms with Crippen molar-refractivity contribution in [3.05, 3.63) is 12.4 Å². The van der Waals surface area contributed by atoms with Crippen LogP contribution < -0.4 is 5.32 Å². The summed E-state index contributed by atoms with van der Waals surface area (Å²) in [7, 11) is -3.16. The van der Waals surface area contributed by atoms with E-state index in [1.807, 2.05) is 4.68 Å². The van der Waals surface area contributed by atoms with Crippen LogP contribution >= 0.6 is 0 Å². The normalized spacial score (nSPS) is 24.5. The van der Waals surface area contributed by atoms with Crippen molar-refractivity contribution in [1.29, 1.82) is 0 Å². The Hall–Kier alpha value is -0.880. The number of sulfone groups is 1. The van der Waals surface area contributed by atoms with E-state index in [1.165, 1.54) is 25.3 Å². The fourth-order valence-electron chi connectivity index (χ4n) is 2.69. The molecule has 2 atom stereocenters. The molecule has 1 aromatic heterocycles. The first-order valence-corrected chi connectivity index (χ1v) is 8.89. The Labute approximate surface area is 115 Å². The lowest BCUT2D eigenvalue weighted by Crippen LogP contribution is -2.40. The molecule has 0 saturated heterocycles. The van der Waals surface area contributed by atoms with Crippen molar-refractivity contribution in [2.75, 3.05) is 12.8 Å². The molecule has 1 N–H and O–H groups in total. The smallest absolute Gasteiger partial charge is 0.178 e. The van der Waals surface area contributed by atoms with Gasteiger partial charge in [-0.05, 0) is 25.8 Å². The van der Waals surface area contributed by atoms with Gasteiger partial charge in [0, 0.05) is 18.5 Å². The molecule has 1 saturated carbocycles. The Kier molecular flexibility index (Phi) is 4.62. The number of rotatable bonds is 5. The van der Waals surface area contributed by atoms with E-state index in [-0.39, 0.29) is 6.04 Å². The van der Waals surface area contributed by atoms with Crippen molar-refractivity contribution in [2.45, 2.75) is 56.0 Å². The first-order valence-electron chi connectivity index (χ1n) is 7.00. The minimum atomic E-state index is -3.16. The molecule has 0 spiro atoms. The lowest BCUT2D eigenvalue weighted by molar-refractivity contribution is 0.247. The van der Waals surface area contributed by atoms with Crippen LogP contribution in [-0.2, 0) is 9.84 Å². The summed E-state index contributed by atoms with van der Waals surface area (Å²) in [6, 6.07) is 0.678. The number of hydrogen-bond acceptors (Lipinski definition) is 4. The van der Waals surface area contributed by atoms with E-state index < -0.39 is 9.84 Å². The third kappa shape index (κ3) is 3.57. The van der Waals surface area contributed by atoms with E-state index in [1.54, 1.807) is 6.20 Å². The average molecular weight is 285 g/mol. The summed E-state index contributed by atoms with van der Waals surface area (Å²) in [5.41, 5.74) is 0. The van der Waals surface area contributed by atoms with E-state index in [2.05, 4.69) is 17.3 Å². The molecule has 1 aromatic rings. The van der Waals surface area contributed by atoms with Gasteiger partial charge in [-0.1, -0.05) is 19.8 Å². The van der Waals surface area contributed by atoms with Crippen LogP contribution in [0.3, 0.4) is 0 Å². The van der Waals surface area contributed by atoms with Gasteiger partial charge in [0.25, 0.3) is 0 Å². The van der Waals surface area contributed by atoms with Crippen LogP contribution in [0, 0.1) is 0 Å². The summed E-state index contributed by atoms with van der Waals surface area (Å²) in [6.45, 7) is 3.15. The van der Waals surface area contributed by atoms with Crippen molar-refractivity contribution in [1.82, 2.24) is 15.1 Å². The summed E-state index contributed by atoms with van der Waals surface area (Å²) in [4.78, 5) is 0.312. The lowest BCUT2D eigenvalue weighted by Gasteiger charge is -2.32. The van der Waals surface area contributed by atoms with Gasteiger partial charge in [0.05, 0.1) is 12.2 Å². The maximum absolute atomic E-state index is 11.5. The van der Waals surface area contributed by atoms with E-state index in [4.69, 9.17) is 0 Å². The second-order valence-electron chi connectivity index (χ2n) is 5.34. The molecule has 0 amide bonds. The zero-order chi connectivity index (χ0) is 13.9. The van der Waals surface area contributed by atoms with Crippen LogP contribution in [-0.4, -0.2) is 37.0 Å². The number of nitrogens with one attached hydrogen (secondary N) is 1. The summed E-state index contributed by atoms with van der Waals surface area (Å²) in [5, 5.41) is 7.82. The average Bonchev–Trinajstić information content (AvgIpc) is 2.86. The minimum Gasteiger partial charge on any atom is -0.312 e. The maximum atomic E-state index is 11.5. The molecule has 1 heterocycles. The molecule has 19 heavy (non-hydrogen) atoms. The molecule has 2 unspecified atom stereocenters. The van der Waals surface area contributed by atoms with Gasteiger partial charge in [0.15, 0.2) is 9.84 Å². The van der Waals surface area contributed by atoms with Crippen LogP contribution in [0.25, 0.3) is 0 Å². The minimum absolute atomic E-state index is 0.274. The highest BCUT2D eigenvalue weighted by atomic mass is 32.2. The first kappa shape index (κ1) is 14.5. The highest BCUT2D eigenvalue weighted by Crippen LogP contribution is 2.28. The molecule has 5 nitrogen and oxygen atoms in total. The van der Waals surface area contributed by atoms with Crippen LogP contribution in [0.4, 0.5) is 0 Å². The monoisotopic (exact) mass is 285 g/mol. The second kappa shape index (κ2) is 6.05. The predicted octanol–water partition coefficient (Wildman–Crippen LogP) is 1.77. The van der Waals surface area contributed by atoms with Crippen LogP contribution in [0.15, 0.2) is 17.3 Å². The Morgan fingerprint density at radius 2 is 2.16 bits per heavy atom. The van der Waals surface area contributed by atoms with Crippen molar-refractivity contribution in [2.24, 2.45) is 0 Å². The van der Waals surface area contributed by atoms with E-state index >= 15 is 0 Å². The molecular formula is C13H23N3O2S. The van der Waals surface area contributed by atoms with Gasteiger partial charge in [-0.2, -0.15) is 5.10 Å². The molecule has 1 fully saturated rings. The van der Waals surface area contributed by atoms with Gasteiger partial charge in [-0.3, -0.25) is 4.68 Å². The van der Waals surface area contributed by atoms with Gasteiger partial charge in [0.2, 0.25) is 0 Å². The number of nitrogens with zero attached hydrogens (tertiary/aromatic N) is 2. The van der Waals surface area contributed by atoms with Crippen LogP contribution in [0.2, 0.25) is 0 Å². The van der Waals surface area contributed by atoms with Crippen molar-refractivity contribution in [3.8, 4) is 0 Å². The SMILES string of the molecule is CCCNC1CCCCC1n1cc(S(C)(=O)=O)cn1. The van der Waals surface area contributed by atoms with Crippen LogP contribution in [0.1, 0.15) is 45.1 Å². The van der Waals surface area contributed by atoms with Crippen molar-refractivity contribution < 1.29 is 8.42 Å². The molecular weight excluding hydrogens is 262 g/mol. The largest absolute Gasteiger partial charge is 0.312 e. The van der Waals surface area contributed by atoms with E-state index in [0.29, 0.717) is 10.9 Å². The summed E-state index contributed by atoms with van der Waals surface area (Å²) >= 11 is 0. The Bertz CT molecular complexity index is 510. The fraction of sp³-hybridized carbons (Fsp3) is 0.769. The molecule has 0 aliphatic heterocycles. The van der Waals surface area contributed by atoms with Crippen LogP contribution in [0.5, 0.6) is 0 Å². The van der Waals surface area contributed by atoms with Gasteiger partial charge >= 0.3 is 0 Å². The lowest BCUT2D eigenvalue weighted by atomic mass is 9.90. The molecule has 108 valence electrons. The number of aromatic nitrogens is 2. The molecule has 6 heteroatoms. The molecule has 1 aliphatic carbocycles. The Balaban J connectivity index is 2.15. The summed E-state index contributed by atoms with van der Waals surface area (Å²) < 4.78 is 24.9. The summed E-state index contributed by atoms with van der Waals surface area (Å²) in [6.07, 6.45) is 10.1. The van der Waals surface area contributed by atoms with Crippen molar-refractivity contribution in [3.63, 3.8) is 0 Å². The van der Waals surface area contributed by atoms with Gasteiger partial charge < -0.3 is 5.32 Å². The quantitative estimate of drug-likeness (QED) is 0.895. The number of hydrogen-bond donors (Lipinski definition) is 1. The molecule has 2 rings (SSSR count). The second-order valence-corrected chi connectivity index (χ2v) is 7.36. The highest BCUT2D eigenvalue weighted by Gasteiger charge is 2.27.